The van der Waals surface area contributed by atoms with Crippen molar-refractivity contribution in [3.05, 3.63) is 53.7 Å². The molecule has 1 amide bonds. The van der Waals surface area contributed by atoms with E-state index in [1.807, 2.05) is 32.0 Å². The normalized spacial score (nSPS) is 13.4. The lowest BCUT2D eigenvalue weighted by Crippen LogP contribution is -2.31. The highest BCUT2D eigenvalue weighted by Gasteiger charge is 2.25. The van der Waals surface area contributed by atoms with Crippen molar-refractivity contribution in [1.29, 1.82) is 0 Å². The van der Waals surface area contributed by atoms with E-state index in [0.29, 0.717) is 5.56 Å². The minimum atomic E-state index is -0.0718. The minimum absolute atomic E-state index is 0.0718. The molecule has 0 aliphatic carbocycles. The third-order valence-corrected chi connectivity index (χ3v) is 3.59. The summed E-state index contributed by atoms with van der Waals surface area (Å²) in [6.45, 7) is 4.77. The molecule has 1 aliphatic rings. The topological polar surface area (TPSA) is 45.2 Å². The monoisotopic (exact) mass is 281 g/mol. The fourth-order valence-corrected chi connectivity index (χ4v) is 2.69. The van der Waals surface area contributed by atoms with E-state index in [-0.39, 0.29) is 11.9 Å². The molecule has 0 spiro atoms. The fourth-order valence-electron chi connectivity index (χ4n) is 2.69. The number of hydrogen-bond donors (Lipinski definition) is 1. The summed E-state index contributed by atoms with van der Waals surface area (Å²) in [5.41, 5.74) is 3.08. The maximum atomic E-state index is 12.4. The van der Waals surface area contributed by atoms with Gasteiger partial charge in [-0.25, -0.2) is 4.98 Å². The van der Waals surface area contributed by atoms with Crippen LogP contribution in [0.5, 0.6) is 0 Å². The van der Waals surface area contributed by atoms with E-state index in [0.717, 1.165) is 24.5 Å². The lowest BCUT2D eigenvalue weighted by atomic mass is 10.1. The molecule has 0 bridgehead atoms. The summed E-state index contributed by atoms with van der Waals surface area (Å²) in [6.07, 6.45) is 2.72. The predicted octanol–water partition coefficient (Wildman–Crippen LogP) is 2.91. The molecule has 0 saturated carbocycles. The largest absolute Gasteiger partial charge is 0.350 e. The molecule has 3 rings (SSSR count). The van der Waals surface area contributed by atoms with Crippen LogP contribution in [0.25, 0.3) is 0 Å². The van der Waals surface area contributed by atoms with Gasteiger partial charge in [0.1, 0.15) is 5.82 Å². The zero-order valence-corrected chi connectivity index (χ0v) is 12.3. The molecule has 1 aromatic heterocycles. The Morgan fingerprint density at radius 1 is 1.24 bits per heavy atom. The van der Waals surface area contributed by atoms with Crippen LogP contribution in [0, 0.1) is 0 Å². The number of benzene rings is 1. The van der Waals surface area contributed by atoms with Gasteiger partial charge >= 0.3 is 0 Å². The maximum Gasteiger partial charge on any atom is 0.255 e. The lowest BCUT2D eigenvalue weighted by Gasteiger charge is -2.21. The van der Waals surface area contributed by atoms with Crippen LogP contribution in [0.2, 0.25) is 0 Å². The Kier molecular flexibility index (Phi) is 3.60. The first-order valence-electron chi connectivity index (χ1n) is 7.28. The van der Waals surface area contributed by atoms with Gasteiger partial charge in [0.15, 0.2) is 0 Å². The molecule has 0 fully saturated rings. The van der Waals surface area contributed by atoms with Gasteiger partial charge < -0.3 is 10.2 Å². The molecule has 0 radical (unpaired) electrons. The minimum Gasteiger partial charge on any atom is -0.350 e. The number of rotatable bonds is 3. The number of pyridine rings is 1. The van der Waals surface area contributed by atoms with E-state index in [9.17, 15) is 4.79 Å². The van der Waals surface area contributed by atoms with Crippen LogP contribution in [0.3, 0.4) is 0 Å². The Morgan fingerprint density at radius 3 is 2.86 bits per heavy atom. The first kappa shape index (κ1) is 13.6. The van der Waals surface area contributed by atoms with Crippen LogP contribution in [0.1, 0.15) is 29.8 Å². The van der Waals surface area contributed by atoms with Gasteiger partial charge in [-0.15, -0.1) is 0 Å². The zero-order chi connectivity index (χ0) is 14.8. The second-order valence-corrected chi connectivity index (χ2v) is 5.53. The van der Waals surface area contributed by atoms with Crippen molar-refractivity contribution in [2.24, 2.45) is 0 Å². The van der Waals surface area contributed by atoms with E-state index in [1.54, 1.807) is 12.3 Å². The standard InChI is InChI=1S/C17H19N3O/c1-12(2)19-17(21)14-7-5-10-18-16(14)20-11-9-13-6-3-4-8-15(13)20/h3-8,10,12H,9,11H2,1-2H3,(H,19,21). The van der Waals surface area contributed by atoms with Gasteiger partial charge in [-0.2, -0.15) is 0 Å². The van der Waals surface area contributed by atoms with Crippen molar-refractivity contribution in [3.8, 4) is 0 Å². The third kappa shape index (κ3) is 2.61. The van der Waals surface area contributed by atoms with E-state index in [4.69, 9.17) is 0 Å². The summed E-state index contributed by atoms with van der Waals surface area (Å²) < 4.78 is 0. The maximum absolute atomic E-state index is 12.4. The summed E-state index contributed by atoms with van der Waals surface area (Å²) in [4.78, 5) is 18.9. The Balaban J connectivity index is 1.99. The first-order valence-corrected chi connectivity index (χ1v) is 7.28. The van der Waals surface area contributed by atoms with Crippen LogP contribution < -0.4 is 10.2 Å². The lowest BCUT2D eigenvalue weighted by molar-refractivity contribution is 0.0943. The summed E-state index contributed by atoms with van der Waals surface area (Å²) in [5, 5.41) is 2.94. The Hall–Kier alpha value is -2.36. The Bertz CT molecular complexity index is 667. The van der Waals surface area contributed by atoms with E-state index in [1.165, 1.54) is 5.56 Å². The zero-order valence-electron chi connectivity index (χ0n) is 12.3. The van der Waals surface area contributed by atoms with Crippen molar-refractivity contribution in [2.75, 3.05) is 11.4 Å². The molecule has 108 valence electrons. The Labute approximate surface area is 124 Å². The summed E-state index contributed by atoms with van der Waals surface area (Å²) in [5.74, 6) is 0.665. The summed E-state index contributed by atoms with van der Waals surface area (Å²) in [6, 6.07) is 12.0. The molecule has 1 N–H and O–H groups in total. The van der Waals surface area contributed by atoms with Gasteiger partial charge in [0, 0.05) is 24.5 Å². The number of nitrogens with one attached hydrogen (secondary N) is 1. The number of amides is 1. The number of anilines is 2. The molecule has 1 aliphatic heterocycles. The van der Waals surface area contributed by atoms with Gasteiger partial charge in [-0.05, 0) is 44.0 Å². The second-order valence-electron chi connectivity index (χ2n) is 5.53. The first-order chi connectivity index (χ1) is 10.2. The van der Waals surface area contributed by atoms with Crippen LogP contribution in [-0.2, 0) is 6.42 Å². The highest BCUT2D eigenvalue weighted by Crippen LogP contribution is 2.34. The molecule has 0 atom stereocenters. The predicted molar refractivity (Wildman–Crippen MR) is 84.0 cm³/mol. The molecule has 4 heteroatoms. The van der Waals surface area contributed by atoms with Gasteiger partial charge in [-0.3, -0.25) is 4.79 Å². The van der Waals surface area contributed by atoms with Gasteiger partial charge in [0.05, 0.1) is 5.56 Å². The molecular weight excluding hydrogens is 262 g/mol. The molecule has 2 aromatic rings. The highest BCUT2D eigenvalue weighted by atomic mass is 16.1. The molecule has 0 saturated heterocycles. The van der Waals surface area contributed by atoms with E-state index < -0.39 is 0 Å². The van der Waals surface area contributed by atoms with Crippen molar-refractivity contribution in [3.63, 3.8) is 0 Å². The van der Waals surface area contributed by atoms with Crippen molar-refractivity contribution in [1.82, 2.24) is 10.3 Å². The van der Waals surface area contributed by atoms with Crippen LogP contribution in [0.4, 0.5) is 11.5 Å². The second kappa shape index (κ2) is 5.56. The number of carbonyl (C=O) groups excluding carboxylic acids is 1. The van der Waals surface area contributed by atoms with Gasteiger partial charge in [0.25, 0.3) is 5.91 Å². The molecule has 1 aromatic carbocycles. The SMILES string of the molecule is CC(C)NC(=O)c1cccnc1N1CCc2ccccc21. The highest BCUT2D eigenvalue weighted by molar-refractivity contribution is 6.00. The molecule has 21 heavy (non-hydrogen) atoms. The number of hydrogen-bond acceptors (Lipinski definition) is 3. The van der Waals surface area contributed by atoms with E-state index in [2.05, 4.69) is 27.3 Å². The quantitative estimate of drug-likeness (QED) is 0.941. The molecule has 0 unspecified atom stereocenters. The van der Waals surface area contributed by atoms with Crippen LogP contribution in [0.15, 0.2) is 42.6 Å². The number of carbonyl (C=O) groups is 1. The summed E-state index contributed by atoms with van der Waals surface area (Å²) in [7, 11) is 0. The molecular formula is C17H19N3O. The number of nitrogens with zero attached hydrogens (tertiary/aromatic N) is 2. The van der Waals surface area contributed by atoms with Crippen molar-refractivity contribution >= 4 is 17.4 Å². The smallest absolute Gasteiger partial charge is 0.255 e. The molecule has 4 nitrogen and oxygen atoms in total. The number of fused-ring (bicyclic) bond motifs is 1. The van der Waals surface area contributed by atoms with E-state index >= 15 is 0 Å². The van der Waals surface area contributed by atoms with Crippen molar-refractivity contribution in [2.45, 2.75) is 26.3 Å². The van der Waals surface area contributed by atoms with Gasteiger partial charge in [0.2, 0.25) is 0 Å². The van der Waals surface area contributed by atoms with Crippen molar-refractivity contribution < 1.29 is 4.79 Å². The van der Waals surface area contributed by atoms with Crippen LogP contribution >= 0.6 is 0 Å². The number of para-hydroxylation sites is 1. The number of aromatic nitrogens is 1. The van der Waals surface area contributed by atoms with Crippen LogP contribution in [-0.4, -0.2) is 23.5 Å². The fraction of sp³-hybridized carbons (Fsp3) is 0.294. The average molecular weight is 281 g/mol. The molecule has 2 heterocycles. The average Bonchev–Trinajstić information content (AvgIpc) is 2.90. The summed E-state index contributed by atoms with van der Waals surface area (Å²) >= 11 is 0. The Morgan fingerprint density at radius 2 is 2.05 bits per heavy atom. The van der Waals surface area contributed by atoms with Gasteiger partial charge in [-0.1, -0.05) is 18.2 Å². The third-order valence-electron chi connectivity index (χ3n) is 3.59.